The average molecular weight is 273 g/mol. The van der Waals surface area contributed by atoms with Crippen LogP contribution in [-0.4, -0.2) is 9.97 Å². The SMILES string of the molecule is Cc1ncc(CNc2ccc(F)c(C(F)(F)F)c2)[nH]1. The number of H-pyrrole nitrogens is 1. The summed E-state index contributed by atoms with van der Waals surface area (Å²) in [5.41, 5.74) is -0.352. The fourth-order valence-corrected chi connectivity index (χ4v) is 1.61. The van der Waals surface area contributed by atoms with Crippen LogP contribution in [0.4, 0.5) is 23.2 Å². The lowest BCUT2D eigenvalue weighted by molar-refractivity contribution is -0.139. The van der Waals surface area contributed by atoms with E-state index in [2.05, 4.69) is 15.3 Å². The molecule has 0 aliphatic carbocycles. The third kappa shape index (κ3) is 3.24. The van der Waals surface area contributed by atoms with Crippen LogP contribution in [-0.2, 0) is 12.7 Å². The molecule has 1 aromatic carbocycles. The Morgan fingerprint density at radius 3 is 2.63 bits per heavy atom. The van der Waals surface area contributed by atoms with Crippen LogP contribution in [0.15, 0.2) is 24.4 Å². The second-order valence-corrected chi connectivity index (χ2v) is 4.04. The van der Waals surface area contributed by atoms with Gasteiger partial charge in [-0.25, -0.2) is 9.37 Å². The molecule has 2 rings (SSSR count). The van der Waals surface area contributed by atoms with Crippen molar-refractivity contribution in [3.63, 3.8) is 0 Å². The average Bonchev–Trinajstić information content (AvgIpc) is 2.72. The van der Waals surface area contributed by atoms with Crippen LogP contribution in [0.5, 0.6) is 0 Å². The maximum absolute atomic E-state index is 13.1. The largest absolute Gasteiger partial charge is 0.419 e. The van der Waals surface area contributed by atoms with Gasteiger partial charge in [0.1, 0.15) is 11.6 Å². The molecule has 0 saturated heterocycles. The Kier molecular flexibility index (Phi) is 3.46. The normalized spacial score (nSPS) is 11.6. The van der Waals surface area contributed by atoms with Crippen LogP contribution >= 0.6 is 0 Å². The van der Waals surface area contributed by atoms with E-state index in [0.29, 0.717) is 5.82 Å². The van der Waals surface area contributed by atoms with E-state index in [1.165, 1.54) is 6.07 Å². The smallest absolute Gasteiger partial charge is 0.379 e. The van der Waals surface area contributed by atoms with Crippen molar-refractivity contribution in [1.82, 2.24) is 9.97 Å². The molecule has 102 valence electrons. The first kappa shape index (κ1) is 13.4. The van der Waals surface area contributed by atoms with E-state index in [1.807, 2.05) is 0 Å². The van der Waals surface area contributed by atoms with Gasteiger partial charge >= 0.3 is 6.18 Å². The van der Waals surface area contributed by atoms with Gasteiger partial charge in [-0.1, -0.05) is 0 Å². The minimum atomic E-state index is -4.70. The number of aryl methyl sites for hydroxylation is 1. The highest BCUT2D eigenvalue weighted by atomic mass is 19.4. The number of aromatic amines is 1. The third-order valence-corrected chi connectivity index (χ3v) is 2.51. The van der Waals surface area contributed by atoms with Crippen molar-refractivity contribution in [2.24, 2.45) is 0 Å². The number of halogens is 4. The van der Waals surface area contributed by atoms with Crippen LogP contribution in [0.3, 0.4) is 0 Å². The van der Waals surface area contributed by atoms with E-state index in [0.717, 1.165) is 17.8 Å². The van der Waals surface area contributed by atoms with Crippen LogP contribution in [0, 0.1) is 12.7 Å². The van der Waals surface area contributed by atoms with Crippen molar-refractivity contribution in [3.8, 4) is 0 Å². The number of nitrogens with one attached hydrogen (secondary N) is 2. The van der Waals surface area contributed by atoms with Crippen LogP contribution in [0.1, 0.15) is 17.1 Å². The van der Waals surface area contributed by atoms with Gasteiger partial charge in [-0.05, 0) is 25.1 Å². The fraction of sp³-hybridized carbons (Fsp3) is 0.250. The molecule has 3 nitrogen and oxygen atoms in total. The van der Waals surface area contributed by atoms with E-state index in [9.17, 15) is 17.6 Å². The number of benzene rings is 1. The lowest BCUT2D eigenvalue weighted by atomic mass is 10.2. The minimum absolute atomic E-state index is 0.195. The maximum atomic E-state index is 13.1. The van der Waals surface area contributed by atoms with Gasteiger partial charge in [-0.2, -0.15) is 13.2 Å². The second kappa shape index (κ2) is 4.91. The summed E-state index contributed by atoms with van der Waals surface area (Å²) in [6.45, 7) is 2.05. The molecule has 0 radical (unpaired) electrons. The molecule has 0 atom stereocenters. The molecule has 0 bridgehead atoms. The molecule has 0 aliphatic rings. The van der Waals surface area contributed by atoms with Crippen molar-refractivity contribution in [3.05, 3.63) is 47.3 Å². The monoisotopic (exact) mass is 273 g/mol. The van der Waals surface area contributed by atoms with Crippen LogP contribution in [0.25, 0.3) is 0 Å². The minimum Gasteiger partial charge on any atom is -0.379 e. The van der Waals surface area contributed by atoms with Gasteiger partial charge in [0.25, 0.3) is 0 Å². The molecule has 2 aromatic rings. The van der Waals surface area contributed by atoms with E-state index < -0.39 is 17.6 Å². The van der Waals surface area contributed by atoms with Gasteiger partial charge < -0.3 is 10.3 Å². The molecule has 0 aliphatic heterocycles. The summed E-state index contributed by atoms with van der Waals surface area (Å²) in [6, 6.07) is 2.80. The number of aromatic nitrogens is 2. The van der Waals surface area contributed by atoms with Gasteiger partial charge in [0.05, 0.1) is 24.0 Å². The van der Waals surface area contributed by atoms with Crippen molar-refractivity contribution in [2.75, 3.05) is 5.32 Å². The van der Waals surface area contributed by atoms with Crippen molar-refractivity contribution in [2.45, 2.75) is 19.6 Å². The molecule has 0 saturated carbocycles. The molecular weight excluding hydrogens is 262 g/mol. The fourth-order valence-electron chi connectivity index (χ4n) is 1.61. The summed E-state index contributed by atoms with van der Waals surface area (Å²) >= 11 is 0. The summed E-state index contributed by atoms with van der Waals surface area (Å²) in [5.74, 6) is -0.567. The zero-order chi connectivity index (χ0) is 14.0. The Labute approximate surface area is 106 Å². The zero-order valence-electron chi connectivity index (χ0n) is 9.98. The zero-order valence-corrected chi connectivity index (χ0v) is 9.98. The van der Waals surface area contributed by atoms with E-state index >= 15 is 0 Å². The number of nitrogens with zero attached hydrogens (tertiary/aromatic N) is 1. The summed E-state index contributed by atoms with van der Waals surface area (Å²) in [5, 5.41) is 2.78. The Morgan fingerprint density at radius 2 is 2.05 bits per heavy atom. The molecule has 0 amide bonds. The standard InChI is InChI=1S/C12H11F4N3/c1-7-17-5-9(19-7)6-18-8-2-3-11(13)10(4-8)12(14,15)16/h2-5,18H,6H2,1H3,(H,17,19). The molecule has 0 spiro atoms. The summed E-state index contributed by atoms with van der Waals surface area (Å²) < 4.78 is 50.6. The van der Waals surface area contributed by atoms with Gasteiger partial charge in [-0.15, -0.1) is 0 Å². The Balaban J connectivity index is 2.13. The summed E-state index contributed by atoms with van der Waals surface area (Å²) in [4.78, 5) is 6.90. The van der Waals surface area contributed by atoms with E-state index in [1.54, 1.807) is 13.1 Å². The Bertz CT molecular complexity index is 575. The highest BCUT2D eigenvalue weighted by molar-refractivity contribution is 5.47. The number of alkyl halides is 3. The number of hydrogen-bond acceptors (Lipinski definition) is 2. The lowest BCUT2D eigenvalue weighted by Crippen LogP contribution is -2.09. The molecular formula is C12H11F4N3. The highest BCUT2D eigenvalue weighted by Crippen LogP contribution is 2.33. The quantitative estimate of drug-likeness (QED) is 0.840. The highest BCUT2D eigenvalue weighted by Gasteiger charge is 2.34. The third-order valence-electron chi connectivity index (χ3n) is 2.51. The summed E-state index contributed by atoms with van der Waals surface area (Å²) in [7, 11) is 0. The van der Waals surface area contributed by atoms with Crippen LogP contribution < -0.4 is 5.32 Å². The Hall–Kier alpha value is -2.05. The van der Waals surface area contributed by atoms with Gasteiger partial charge in [0.15, 0.2) is 0 Å². The van der Waals surface area contributed by atoms with E-state index in [-0.39, 0.29) is 12.2 Å². The summed E-state index contributed by atoms with van der Waals surface area (Å²) in [6.07, 6.45) is -3.12. The number of rotatable bonds is 3. The second-order valence-electron chi connectivity index (χ2n) is 4.04. The van der Waals surface area contributed by atoms with Crippen molar-refractivity contribution < 1.29 is 17.6 Å². The predicted octanol–water partition coefficient (Wildman–Crippen LogP) is 3.49. The first-order valence-corrected chi connectivity index (χ1v) is 5.47. The number of hydrogen-bond donors (Lipinski definition) is 2. The first-order valence-electron chi connectivity index (χ1n) is 5.47. The first-order chi connectivity index (χ1) is 8.86. The molecule has 2 N–H and O–H groups in total. The molecule has 1 aromatic heterocycles. The van der Waals surface area contributed by atoms with Crippen LogP contribution in [0.2, 0.25) is 0 Å². The van der Waals surface area contributed by atoms with E-state index in [4.69, 9.17) is 0 Å². The van der Waals surface area contributed by atoms with Gasteiger partial charge in [-0.3, -0.25) is 0 Å². The molecule has 19 heavy (non-hydrogen) atoms. The number of imidazole rings is 1. The molecule has 0 unspecified atom stereocenters. The van der Waals surface area contributed by atoms with Crippen molar-refractivity contribution >= 4 is 5.69 Å². The van der Waals surface area contributed by atoms with Gasteiger partial charge in [0.2, 0.25) is 0 Å². The van der Waals surface area contributed by atoms with Crippen molar-refractivity contribution in [1.29, 1.82) is 0 Å². The maximum Gasteiger partial charge on any atom is 0.419 e. The molecule has 1 heterocycles. The lowest BCUT2D eigenvalue weighted by Gasteiger charge is -2.11. The molecule has 7 heteroatoms. The van der Waals surface area contributed by atoms with Gasteiger partial charge in [0, 0.05) is 5.69 Å². The number of anilines is 1. The topological polar surface area (TPSA) is 40.7 Å². The predicted molar refractivity (Wildman–Crippen MR) is 62.1 cm³/mol. The molecule has 0 fully saturated rings. The Morgan fingerprint density at radius 1 is 1.32 bits per heavy atom.